The maximum Gasteiger partial charge on any atom is 0.211 e. The van der Waals surface area contributed by atoms with Gasteiger partial charge in [0.05, 0.1) is 5.69 Å². The fourth-order valence-corrected chi connectivity index (χ4v) is 3.66. The highest BCUT2D eigenvalue weighted by atomic mass is 32.1. The predicted octanol–water partition coefficient (Wildman–Crippen LogP) is 5.07. The number of hydrogen-bond acceptors (Lipinski definition) is 3. The SMILES string of the molecule is CCCCN(Cc1ccccc1)c1csc2ccccc2c1=O. The molecule has 3 heteroatoms. The van der Waals surface area contributed by atoms with Crippen LogP contribution in [0.4, 0.5) is 5.69 Å². The van der Waals surface area contributed by atoms with Crippen molar-refractivity contribution in [2.24, 2.45) is 0 Å². The Morgan fingerprint density at radius 2 is 1.74 bits per heavy atom. The number of benzene rings is 2. The zero-order valence-electron chi connectivity index (χ0n) is 13.4. The van der Waals surface area contributed by atoms with Gasteiger partial charge in [-0.2, -0.15) is 0 Å². The molecule has 1 heterocycles. The van der Waals surface area contributed by atoms with E-state index in [1.807, 2.05) is 35.7 Å². The zero-order chi connectivity index (χ0) is 16.1. The number of nitrogens with zero attached hydrogens (tertiary/aromatic N) is 1. The van der Waals surface area contributed by atoms with Crippen LogP contribution in [0.15, 0.2) is 64.8 Å². The Morgan fingerprint density at radius 3 is 2.52 bits per heavy atom. The molecule has 3 aromatic rings. The van der Waals surface area contributed by atoms with E-state index in [9.17, 15) is 4.79 Å². The molecule has 0 atom stereocenters. The van der Waals surface area contributed by atoms with Gasteiger partial charge in [-0.1, -0.05) is 55.8 Å². The van der Waals surface area contributed by atoms with Crippen LogP contribution in [-0.2, 0) is 6.54 Å². The van der Waals surface area contributed by atoms with Crippen molar-refractivity contribution in [1.29, 1.82) is 0 Å². The van der Waals surface area contributed by atoms with Crippen LogP contribution in [0.3, 0.4) is 0 Å². The fraction of sp³-hybridized carbons (Fsp3) is 0.250. The summed E-state index contributed by atoms with van der Waals surface area (Å²) < 4.78 is 1.05. The second kappa shape index (κ2) is 7.42. The molecule has 2 nitrogen and oxygen atoms in total. The maximum atomic E-state index is 12.9. The van der Waals surface area contributed by atoms with Crippen molar-refractivity contribution in [3.05, 3.63) is 75.8 Å². The lowest BCUT2D eigenvalue weighted by Crippen LogP contribution is -2.28. The molecule has 0 saturated heterocycles. The quantitative estimate of drug-likeness (QED) is 0.631. The molecule has 2 aromatic carbocycles. The Hall–Kier alpha value is -2.13. The van der Waals surface area contributed by atoms with Crippen LogP contribution in [0.25, 0.3) is 10.1 Å². The topological polar surface area (TPSA) is 20.3 Å². The molecule has 23 heavy (non-hydrogen) atoms. The van der Waals surface area contributed by atoms with Crippen LogP contribution in [0.5, 0.6) is 0 Å². The Kier molecular flexibility index (Phi) is 5.09. The minimum Gasteiger partial charge on any atom is -0.363 e. The van der Waals surface area contributed by atoms with Gasteiger partial charge in [0.2, 0.25) is 5.43 Å². The van der Waals surface area contributed by atoms with Crippen molar-refractivity contribution in [3.8, 4) is 0 Å². The summed E-state index contributed by atoms with van der Waals surface area (Å²) in [7, 11) is 0. The Bertz CT molecular complexity index is 826. The van der Waals surface area contributed by atoms with Crippen molar-refractivity contribution in [2.75, 3.05) is 11.4 Å². The maximum absolute atomic E-state index is 12.9. The second-order valence-corrected chi connectivity index (χ2v) is 6.62. The minimum absolute atomic E-state index is 0.145. The summed E-state index contributed by atoms with van der Waals surface area (Å²) in [6.45, 7) is 3.87. The highest BCUT2D eigenvalue weighted by Gasteiger charge is 2.13. The summed E-state index contributed by atoms with van der Waals surface area (Å²) >= 11 is 1.65. The molecule has 0 amide bonds. The molecule has 0 spiro atoms. The molecule has 0 N–H and O–H groups in total. The van der Waals surface area contributed by atoms with Crippen molar-refractivity contribution >= 4 is 27.1 Å². The predicted molar refractivity (Wildman–Crippen MR) is 100 cm³/mol. The zero-order valence-corrected chi connectivity index (χ0v) is 14.2. The third-order valence-corrected chi connectivity index (χ3v) is 4.95. The van der Waals surface area contributed by atoms with E-state index in [2.05, 4.69) is 36.1 Å². The number of fused-ring (bicyclic) bond motifs is 1. The summed E-state index contributed by atoms with van der Waals surface area (Å²) in [6.07, 6.45) is 2.21. The summed E-state index contributed by atoms with van der Waals surface area (Å²) in [5, 5.41) is 2.84. The lowest BCUT2D eigenvalue weighted by Gasteiger charge is -2.24. The first-order valence-electron chi connectivity index (χ1n) is 8.09. The Balaban J connectivity index is 1.99. The first-order valence-corrected chi connectivity index (χ1v) is 8.97. The van der Waals surface area contributed by atoms with E-state index in [0.29, 0.717) is 0 Å². The molecular weight excluding hydrogens is 302 g/mol. The normalized spacial score (nSPS) is 10.8. The molecular formula is C20H21NOS. The van der Waals surface area contributed by atoms with Gasteiger partial charge >= 0.3 is 0 Å². The molecule has 1 aromatic heterocycles. The van der Waals surface area contributed by atoms with Gasteiger partial charge in [0.1, 0.15) is 0 Å². The van der Waals surface area contributed by atoms with Crippen LogP contribution < -0.4 is 10.3 Å². The standard InChI is InChI=1S/C20H21NOS/c1-2-3-13-21(14-16-9-5-4-6-10-16)18-15-23-19-12-8-7-11-17(19)20(18)22/h4-12,15H,2-3,13-14H2,1H3. The first kappa shape index (κ1) is 15.8. The smallest absolute Gasteiger partial charge is 0.211 e. The lowest BCUT2D eigenvalue weighted by molar-refractivity contribution is 0.715. The van der Waals surface area contributed by atoms with Gasteiger partial charge in [-0.05, 0) is 24.1 Å². The summed E-state index contributed by atoms with van der Waals surface area (Å²) in [5.74, 6) is 0. The van der Waals surface area contributed by atoms with Crippen LogP contribution in [0, 0.1) is 0 Å². The van der Waals surface area contributed by atoms with Crippen LogP contribution in [0.1, 0.15) is 25.3 Å². The summed E-state index contributed by atoms with van der Waals surface area (Å²) in [6, 6.07) is 18.2. The van der Waals surface area contributed by atoms with Crippen molar-refractivity contribution < 1.29 is 0 Å². The van der Waals surface area contributed by atoms with E-state index in [4.69, 9.17) is 0 Å². The molecule has 0 fully saturated rings. The largest absolute Gasteiger partial charge is 0.363 e. The van der Waals surface area contributed by atoms with Crippen molar-refractivity contribution in [2.45, 2.75) is 26.3 Å². The van der Waals surface area contributed by atoms with Gasteiger partial charge in [-0.15, -0.1) is 11.3 Å². The number of hydrogen-bond donors (Lipinski definition) is 0. The number of unbranched alkanes of at least 4 members (excludes halogenated alkanes) is 1. The highest BCUT2D eigenvalue weighted by molar-refractivity contribution is 7.16. The van der Waals surface area contributed by atoms with E-state index in [-0.39, 0.29) is 5.43 Å². The monoisotopic (exact) mass is 323 g/mol. The van der Waals surface area contributed by atoms with Crippen molar-refractivity contribution in [3.63, 3.8) is 0 Å². The molecule has 0 aliphatic heterocycles. The number of rotatable bonds is 6. The average Bonchev–Trinajstić information content (AvgIpc) is 2.60. The van der Waals surface area contributed by atoms with Gasteiger partial charge in [0.15, 0.2) is 0 Å². The van der Waals surface area contributed by atoms with E-state index in [1.54, 1.807) is 11.3 Å². The van der Waals surface area contributed by atoms with E-state index in [0.717, 1.165) is 41.7 Å². The van der Waals surface area contributed by atoms with Crippen LogP contribution in [0.2, 0.25) is 0 Å². The summed E-state index contributed by atoms with van der Waals surface area (Å²) in [4.78, 5) is 15.1. The average molecular weight is 323 g/mol. The fourth-order valence-electron chi connectivity index (χ4n) is 2.72. The molecule has 3 rings (SSSR count). The molecule has 0 unspecified atom stereocenters. The lowest BCUT2D eigenvalue weighted by atomic mass is 10.1. The molecule has 0 aliphatic carbocycles. The van der Waals surface area contributed by atoms with Crippen molar-refractivity contribution in [1.82, 2.24) is 0 Å². The molecule has 118 valence electrons. The number of anilines is 1. The third kappa shape index (κ3) is 3.62. The molecule has 0 radical (unpaired) electrons. The molecule has 0 saturated carbocycles. The molecule has 0 bridgehead atoms. The first-order chi connectivity index (χ1) is 11.3. The van der Waals surface area contributed by atoms with Gasteiger partial charge in [0.25, 0.3) is 0 Å². The van der Waals surface area contributed by atoms with E-state index < -0.39 is 0 Å². The summed E-state index contributed by atoms with van der Waals surface area (Å²) in [5.41, 5.74) is 2.21. The van der Waals surface area contributed by atoms with E-state index in [1.165, 1.54) is 5.56 Å². The van der Waals surface area contributed by atoms with Crippen LogP contribution >= 0.6 is 11.3 Å². The van der Waals surface area contributed by atoms with Crippen LogP contribution in [-0.4, -0.2) is 6.54 Å². The van der Waals surface area contributed by atoms with Gasteiger partial charge in [-0.25, -0.2) is 0 Å². The van der Waals surface area contributed by atoms with Gasteiger partial charge < -0.3 is 4.90 Å². The highest BCUT2D eigenvalue weighted by Crippen LogP contribution is 2.22. The minimum atomic E-state index is 0.145. The van der Waals surface area contributed by atoms with Gasteiger partial charge in [-0.3, -0.25) is 4.79 Å². The second-order valence-electron chi connectivity index (χ2n) is 5.71. The van der Waals surface area contributed by atoms with E-state index >= 15 is 0 Å². The molecule has 0 aliphatic rings. The Labute approximate surface area is 141 Å². The third-order valence-electron chi connectivity index (χ3n) is 4.00. The Morgan fingerprint density at radius 1 is 1.00 bits per heavy atom. The van der Waals surface area contributed by atoms with Gasteiger partial charge in [0, 0.05) is 28.6 Å².